The molecule has 0 aliphatic rings. The van der Waals surface area contributed by atoms with Crippen LogP contribution >= 0.6 is 0 Å². The zero-order valence-corrected chi connectivity index (χ0v) is 15.6. The van der Waals surface area contributed by atoms with E-state index in [-0.39, 0.29) is 11.8 Å². The second-order valence-corrected chi connectivity index (χ2v) is 5.47. The van der Waals surface area contributed by atoms with Gasteiger partial charge in [-0.05, 0) is 48.9 Å². The van der Waals surface area contributed by atoms with E-state index >= 15 is 0 Å². The number of nitrogens with two attached hydrogens (primary N) is 2. The summed E-state index contributed by atoms with van der Waals surface area (Å²) in [6.07, 6.45) is 2.13. The van der Waals surface area contributed by atoms with Crippen molar-refractivity contribution in [1.29, 1.82) is 0 Å². The molecule has 0 fully saturated rings. The number of fused-ring (bicyclic) bond motifs is 1. The zero-order chi connectivity index (χ0) is 20.5. The molecular weight excluding hydrogens is 364 g/mol. The highest BCUT2D eigenvalue weighted by molar-refractivity contribution is 5.89. The van der Waals surface area contributed by atoms with Crippen LogP contribution in [0.25, 0.3) is 10.8 Å². The van der Waals surface area contributed by atoms with Crippen LogP contribution in [-0.2, 0) is 19.1 Å². The number of hydrogen-bond donors (Lipinski definition) is 2. The Kier molecular flexibility index (Phi) is 7.27. The topological polar surface area (TPSA) is 123 Å². The van der Waals surface area contributed by atoms with E-state index < -0.39 is 11.9 Å². The van der Waals surface area contributed by atoms with Gasteiger partial charge in [-0.1, -0.05) is 12.1 Å². The Bertz CT molecular complexity index is 845. The Labute approximate surface area is 162 Å². The Morgan fingerprint density at radius 3 is 1.54 bits per heavy atom. The predicted molar refractivity (Wildman–Crippen MR) is 103 cm³/mol. The van der Waals surface area contributed by atoms with E-state index in [4.69, 9.17) is 30.4 Å². The first kappa shape index (κ1) is 20.6. The fraction of sp³-hybridized carbons (Fsp3) is 0.200. The molecule has 0 aliphatic carbocycles. The van der Waals surface area contributed by atoms with E-state index in [1.165, 1.54) is 0 Å². The van der Waals surface area contributed by atoms with Crippen molar-refractivity contribution in [3.63, 3.8) is 0 Å². The highest BCUT2D eigenvalue weighted by atomic mass is 16.5. The molecule has 0 saturated heterocycles. The van der Waals surface area contributed by atoms with E-state index in [1.54, 1.807) is 50.2 Å². The van der Waals surface area contributed by atoms with Gasteiger partial charge in [0.1, 0.15) is 11.5 Å². The fourth-order valence-corrected chi connectivity index (χ4v) is 2.27. The van der Waals surface area contributed by atoms with Gasteiger partial charge in [0, 0.05) is 0 Å². The minimum absolute atomic E-state index is 0.0150. The van der Waals surface area contributed by atoms with Crippen molar-refractivity contribution >= 4 is 22.7 Å². The number of rotatable bonds is 8. The van der Waals surface area contributed by atoms with Gasteiger partial charge in [0.15, 0.2) is 11.8 Å². The molecule has 0 atom stereocenters. The number of benzene rings is 2. The summed E-state index contributed by atoms with van der Waals surface area (Å²) in [5, 5.41) is 1.58. The van der Waals surface area contributed by atoms with Gasteiger partial charge < -0.3 is 30.4 Å². The van der Waals surface area contributed by atoms with Crippen LogP contribution in [0.15, 0.2) is 60.3 Å². The number of carbonyl (C=O) groups is 2. The molecule has 0 heterocycles. The van der Waals surface area contributed by atoms with Crippen LogP contribution in [0.5, 0.6) is 11.5 Å². The first-order valence-electron chi connectivity index (χ1n) is 8.58. The number of hydrogen-bond acceptors (Lipinski definition) is 8. The van der Waals surface area contributed by atoms with Gasteiger partial charge >= 0.3 is 11.9 Å². The minimum atomic E-state index is -0.644. The van der Waals surface area contributed by atoms with Gasteiger partial charge in [-0.25, -0.2) is 9.59 Å². The maximum atomic E-state index is 11.8. The molecule has 0 unspecified atom stereocenters. The average molecular weight is 386 g/mol. The maximum absolute atomic E-state index is 11.8. The summed E-state index contributed by atoms with van der Waals surface area (Å²) in [5.74, 6) is -0.632. The third-order valence-corrected chi connectivity index (χ3v) is 3.36. The molecule has 0 amide bonds. The molecule has 2 aromatic rings. The molecule has 8 heteroatoms. The average Bonchev–Trinajstić information content (AvgIpc) is 2.61. The number of ether oxygens (including phenoxy) is 4. The Morgan fingerprint density at radius 1 is 0.786 bits per heavy atom. The Hall–Kier alpha value is -3.68. The van der Waals surface area contributed by atoms with Crippen LogP contribution in [-0.4, -0.2) is 25.2 Å². The lowest BCUT2D eigenvalue weighted by Gasteiger charge is -2.07. The van der Waals surface area contributed by atoms with Crippen LogP contribution in [0, 0.1) is 0 Å². The smallest absolute Gasteiger partial charge is 0.341 e. The quantitative estimate of drug-likeness (QED) is 0.307. The summed E-state index contributed by atoms with van der Waals surface area (Å²) in [7, 11) is 0. The van der Waals surface area contributed by atoms with Crippen molar-refractivity contribution in [2.24, 2.45) is 11.5 Å². The highest BCUT2D eigenvalue weighted by Gasteiger charge is 2.07. The van der Waals surface area contributed by atoms with Crippen LogP contribution in [0.4, 0.5) is 0 Å². The lowest BCUT2D eigenvalue weighted by molar-refractivity contribution is -0.130. The summed E-state index contributed by atoms with van der Waals surface area (Å²) in [5.41, 5.74) is 11.0. The molecular formula is C20H22N2O6. The largest absolute Gasteiger partial charge is 0.479 e. The van der Waals surface area contributed by atoms with Crippen LogP contribution in [0.1, 0.15) is 13.8 Å². The van der Waals surface area contributed by atoms with Crippen molar-refractivity contribution in [3.8, 4) is 11.5 Å². The molecule has 0 spiro atoms. The highest BCUT2D eigenvalue weighted by Crippen LogP contribution is 2.25. The Balaban J connectivity index is 2.09. The van der Waals surface area contributed by atoms with Crippen molar-refractivity contribution in [3.05, 3.63) is 60.3 Å². The SMILES string of the molecule is CCOC(N)=CC(=O)Oc1ccc2cc(OC(=O)C=C(N)OCC)ccc2c1. The van der Waals surface area contributed by atoms with Crippen molar-refractivity contribution in [1.82, 2.24) is 0 Å². The summed E-state index contributed by atoms with van der Waals surface area (Å²) < 4.78 is 20.4. The minimum Gasteiger partial charge on any atom is -0.479 e. The van der Waals surface area contributed by atoms with E-state index in [0.717, 1.165) is 22.9 Å². The molecule has 0 saturated carbocycles. The van der Waals surface area contributed by atoms with Gasteiger partial charge in [0.05, 0.1) is 25.4 Å². The molecule has 0 aliphatic heterocycles. The zero-order valence-electron chi connectivity index (χ0n) is 15.6. The van der Waals surface area contributed by atoms with Crippen LogP contribution in [0.3, 0.4) is 0 Å². The van der Waals surface area contributed by atoms with Crippen LogP contribution < -0.4 is 20.9 Å². The molecule has 2 rings (SSSR count). The van der Waals surface area contributed by atoms with Crippen molar-refractivity contribution < 1.29 is 28.5 Å². The number of carbonyl (C=O) groups excluding carboxylic acids is 2. The molecule has 2 aromatic carbocycles. The van der Waals surface area contributed by atoms with Gasteiger partial charge in [-0.3, -0.25) is 0 Å². The molecule has 4 N–H and O–H groups in total. The van der Waals surface area contributed by atoms with E-state index in [1.807, 2.05) is 0 Å². The normalized spacial score (nSPS) is 11.8. The van der Waals surface area contributed by atoms with Crippen molar-refractivity contribution in [2.75, 3.05) is 13.2 Å². The van der Waals surface area contributed by atoms with Crippen molar-refractivity contribution in [2.45, 2.75) is 13.8 Å². The van der Waals surface area contributed by atoms with Gasteiger partial charge in [0.2, 0.25) is 0 Å². The molecule has 0 aromatic heterocycles. The second-order valence-electron chi connectivity index (χ2n) is 5.47. The number of esters is 2. The summed E-state index contributed by atoms with van der Waals surface area (Å²) in [4.78, 5) is 23.6. The lowest BCUT2D eigenvalue weighted by atomic mass is 10.1. The third kappa shape index (κ3) is 6.24. The molecule has 8 nitrogen and oxygen atoms in total. The third-order valence-electron chi connectivity index (χ3n) is 3.36. The van der Waals surface area contributed by atoms with Crippen LogP contribution in [0.2, 0.25) is 0 Å². The van der Waals surface area contributed by atoms with Gasteiger partial charge in [-0.2, -0.15) is 0 Å². The fourth-order valence-electron chi connectivity index (χ4n) is 2.27. The first-order valence-corrected chi connectivity index (χ1v) is 8.58. The maximum Gasteiger partial charge on any atom is 0.341 e. The van der Waals surface area contributed by atoms with E-state index in [0.29, 0.717) is 24.7 Å². The lowest BCUT2D eigenvalue weighted by Crippen LogP contribution is -2.11. The molecule has 28 heavy (non-hydrogen) atoms. The van der Waals surface area contributed by atoms with Gasteiger partial charge in [0.25, 0.3) is 0 Å². The standard InChI is InChI=1S/C20H22N2O6/c1-3-25-17(21)11-19(23)27-15-7-5-14-10-16(8-6-13(14)9-15)28-20(24)12-18(22)26-4-2/h5-12H,3-4,21-22H2,1-2H3. The first-order chi connectivity index (χ1) is 13.4. The molecule has 0 radical (unpaired) electrons. The van der Waals surface area contributed by atoms with E-state index in [2.05, 4.69) is 0 Å². The Morgan fingerprint density at radius 2 is 1.18 bits per heavy atom. The summed E-state index contributed by atoms with van der Waals surface area (Å²) >= 11 is 0. The second kappa shape index (κ2) is 9.86. The molecule has 0 bridgehead atoms. The van der Waals surface area contributed by atoms with E-state index in [9.17, 15) is 9.59 Å². The monoisotopic (exact) mass is 386 g/mol. The predicted octanol–water partition coefficient (Wildman–Crippen LogP) is 2.32. The van der Waals surface area contributed by atoms with Gasteiger partial charge in [-0.15, -0.1) is 0 Å². The summed E-state index contributed by atoms with van der Waals surface area (Å²) in [6, 6.07) is 10.0. The summed E-state index contributed by atoms with van der Waals surface area (Å²) in [6.45, 7) is 4.22. The molecule has 148 valence electrons.